The quantitative estimate of drug-likeness (QED) is 0.834. The molecule has 2 atom stereocenters. The lowest BCUT2D eigenvalue weighted by Crippen LogP contribution is -2.48. The number of nitrogens with zero attached hydrogens (tertiary/aromatic N) is 2. The van der Waals surface area contributed by atoms with Crippen molar-refractivity contribution in [2.75, 3.05) is 20.2 Å². The third kappa shape index (κ3) is 4.76. The van der Waals surface area contributed by atoms with Crippen molar-refractivity contribution in [1.82, 2.24) is 9.88 Å². The van der Waals surface area contributed by atoms with Crippen molar-refractivity contribution in [3.63, 3.8) is 0 Å². The summed E-state index contributed by atoms with van der Waals surface area (Å²) in [7, 11) is 1.78. The number of rotatable bonds is 4. The fraction of sp³-hybridized carbons (Fsp3) is 0.500. The van der Waals surface area contributed by atoms with E-state index in [-0.39, 0.29) is 24.8 Å². The van der Waals surface area contributed by atoms with E-state index in [9.17, 15) is 0 Å². The molecule has 1 saturated heterocycles. The zero-order valence-electron chi connectivity index (χ0n) is 14.6. The molecule has 2 heterocycles. The standard InChI is InChI=1S/C18H24ClN3O.2ClH/c1-12-15-5-3-4-6-16(15)21-17(18(12)19)11-22-8-7-14(23-2)9-13(22)10-20;;/h3-6,13-14H,7-11,20H2,1-2H3;2*1H. The van der Waals surface area contributed by atoms with Gasteiger partial charge < -0.3 is 10.5 Å². The van der Waals surface area contributed by atoms with E-state index in [2.05, 4.69) is 17.9 Å². The summed E-state index contributed by atoms with van der Waals surface area (Å²) in [6.45, 7) is 4.39. The topological polar surface area (TPSA) is 51.4 Å². The first-order valence-electron chi connectivity index (χ1n) is 8.14. The number of nitrogens with two attached hydrogens (primary N) is 1. The molecule has 0 spiro atoms. The van der Waals surface area contributed by atoms with Crippen LogP contribution >= 0.6 is 36.4 Å². The van der Waals surface area contributed by atoms with Crippen LogP contribution in [0.2, 0.25) is 5.02 Å². The van der Waals surface area contributed by atoms with Crippen molar-refractivity contribution < 1.29 is 4.74 Å². The van der Waals surface area contributed by atoms with E-state index >= 15 is 0 Å². The third-order valence-electron chi connectivity index (χ3n) is 4.89. The number of hydrogen-bond acceptors (Lipinski definition) is 4. The molecule has 0 amide bonds. The molecule has 0 saturated carbocycles. The van der Waals surface area contributed by atoms with Crippen molar-refractivity contribution >= 4 is 47.3 Å². The molecule has 4 nitrogen and oxygen atoms in total. The largest absolute Gasteiger partial charge is 0.381 e. The molecule has 0 radical (unpaired) electrons. The SMILES string of the molecule is COC1CCN(Cc2nc3ccccc3c(C)c2Cl)C(CN)C1.Cl.Cl. The van der Waals surface area contributed by atoms with Crippen molar-refractivity contribution in [2.24, 2.45) is 5.73 Å². The smallest absolute Gasteiger partial charge is 0.0740 e. The van der Waals surface area contributed by atoms with Crippen LogP contribution in [0, 0.1) is 6.92 Å². The summed E-state index contributed by atoms with van der Waals surface area (Å²) >= 11 is 6.59. The highest BCUT2D eigenvalue weighted by atomic mass is 35.5. The molecule has 1 aliphatic rings. The van der Waals surface area contributed by atoms with Crippen molar-refractivity contribution in [1.29, 1.82) is 0 Å². The van der Waals surface area contributed by atoms with Gasteiger partial charge in [0.2, 0.25) is 0 Å². The number of aryl methyl sites for hydroxylation is 1. The number of likely N-dealkylation sites (tertiary alicyclic amines) is 1. The number of methoxy groups -OCH3 is 1. The van der Waals surface area contributed by atoms with Crippen LogP contribution in [0.4, 0.5) is 0 Å². The number of pyridine rings is 1. The van der Waals surface area contributed by atoms with E-state index in [0.717, 1.165) is 53.1 Å². The first-order chi connectivity index (χ1) is 11.1. The van der Waals surface area contributed by atoms with Crippen LogP contribution in [0.25, 0.3) is 10.9 Å². The molecule has 0 aliphatic carbocycles. The number of benzene rings is 1. The Labute approximate surface area is 166 Å². The van der Waals surface area contributed by atoms with Crippen LogP contribution < -0.4 is 5.73 Å². The molecule has 25 heavy (non-hydrogen) atoms. The third-order valence-corrected chi connectivity index (χ3v) is 5.40. The Balaban J connectivity index is 0.00000156. The van der Waals surface area contributed by atoms with E-state index in [1.165, 1.54) is 0 Å². The number of ether oxygens (including phenoxy) is 1. The molecule has 2 unspecified atom stereocenters. The monoisotopic (exact) mass is 405 g/mol. The van der Waals surface area contributed by atoms with Gasteiger partial charge in [0.1, 0.15) is 0 Å². The molecule has 140 valence electrons. The van der Waals surface area contributed by atoms with Gasteiger partial charge in [-0.05, 0) is 31.4 Å². The van der Waals surface area contributed by atoms with Crippen LogP contribution in [0.3, 0.4) is 0 Å². The fourth-order valence-electron chi connectivity index (χ4n) is 3.44. The molecule has 1 aromatic carbocycles. The van der Waals surface area contributed by atoms with Crippen molar-refractivity contribution in [3.8, 4) is 0 Å². The number of para-hydroxylation sites is 1. The number of aromatic nitrogens is 1. The zero-order chi connectivity index (χ0) is 16.4. The van der Waals surface area contributed by atoms with Gasteiger partial charge in [0.15, 0.2) is 0 Å². The average Bonchev–Trinajstić information content (AvgIpc) is 2.59. The van der Waals surface area contributed by atoms with Gasteiger partial charge >= 0.3 is 0 Å². The second kappa shape index (κ2) is 9.91. The molecular formula is C18H26Cl3N3O. The first-order valence-corrected chi connectivity index (χ1v) is 8.52. The lowest BCUT2D eigenvalue weighted by Gasteiger charge is -2.38. The maximum Gasteiger partial charge on any atom is 0.0740 e. The summed E-state index contributed by atoms with van der Waals surface area (Å²) in [6.07, 6.45) is 2.30. The molecule has 2 aromatic rings. The average molecular weight is 407 g/mol. The van der Waals surface area contributed by atoms with Crippen LogP contribution in [-0.4, -0.2) is 42.2 Å². The van der Waals surface area contributed by atoms with Gasteiger partial charge in [0.05, 0.1) is 22.3 Å². The van der Waals surface area contributed by atoms with E-state index in [1.807, 2.05) is 18.2 Å². The fourth-order valence-corrected chi connectivity index (χ4v) is 3.65. The highest BCUT2D eigenvalue weighted by Gasteiger charge is 2.28. The summed E-state index contributed by atoms with van der Waals surface area (Å²) in [5.74, 6) is 0. The highest BCUT2D eigenvalue weighted by molar-refractivity contribution is 6.32. The maximum atomic E-state index is 6.59. The summed E-state index contributed by atoms with van der Waals surface area (Å²) in [5, 5.41) is 1.89. The van der Waals surface area contributed by atoms with Crippen LogP contribution in [-0.2, 0) is 11.3 Å². The maximum absolute atomic E-state index is 6.59. The predicted molar refractivity (Wildman–Crippen MR) is 109 cm³/mol. The van der Waals surface area contributed by atoms with Gasteiger partial charge in [0.25, 0.3) is 0 Å². The number of piperidine rings is 1. The lowest BCUT2D eigenvalue weighted by atomic mass is 9.98. The highest BCUT2D eigenvalue weighted by Crippen LogP contribution is 2.29. The van der Waals surface area contributed by atoms with E-state index in [0.29, 0.717) is 18.7 Å². The Kier molecular flexibility index (Phi) is 8.89. The Morgan fingerprint density at radius 3 is 2.72 bits per heavy atom. The summed E-state index contributed by atoms with van der Waals surface area (Å²) < 4.78 is 5.50. The molecule has 1 aliphatic heterocycles. The number of hydrogen-bond donors (Lipinski definition) is 1. The van der Waals surface area contributed by atoms with Crippen LogP contribution in [0.5, 0.6) is 0 Å². The Hall–Kier alpha value is -0.620. The molecule has 3 rings (SSSR count). The second-order valence-corrected chi connectivity index (χ2v) is 6.63. The minimum Gasteiger partial charge on any atom is -0.381 e. The van der Waals surface area contributed by atoms with Crippen molar-refractivity contribution in [3.05, 3.63) is 40.5 Å². The Morgan fingerprint density at radius 1 is 1.32 bits per heavy atom. The Morgan fingerprint density at radius 2 is 2.04 bits per heavy atom. The lowest BCUT2D eigenvalue weighted by molar-refractivity contribution is 0.00982. The first kappa shape index (κ1) is 22.4. The van der Waals surface area contributed by atoms with Crippen LogP contribution in [0.15, 0.2) is 24.3 Å². The number of halogens is 3. The van der Waals surface area contributed by atoms with Crippen molar-refractivity contribution in [2.45, 2.75) is 38.5 Å². The van der Waals surface area contributed by atoms with Crippen LogP contribution in [0.1, 0.15) is 24.1 Å². The molecule has 0 bridgehead atoms. The number of fused-ring (bicyclic) bond motifs is 1. The minimum atomic E-state index is 0. The molecule has 7 heteroatoms. The molecule has 1 aromatic heterocycles. The van der Waals surface area contributed by atoms with Gasteiger partial charge in [-0.25, -0.2) is 4.98 Å². The van der Waals surface area contributed by atoms with Gasteiger partial charge in [-0.1, -0.05) is 29.8 Å². The minimum absolute atomic E-state index is 0. The predicted octanol–water partition coefficient (Wildman–Crippen LogP) is 3.98. The van der Waals surface area contributed by atoms with Gasteiger partial charge in [-0.3, -0.25) is 4.90 Å². The summed E-state index contributed by atoms with van der Waals surface area (Å²) in [6, 6.07) is 8.46. The molecule has 2 N–H and O–H groups in total. The van der Waals surface area contributed by atoms with Gasteiger partial charge in [-0.15, -0.1) is 24.8 Å². The molecular weight excluding hydrogens is 381 g/mol. The van der Waals surface area contributed by atoms with E-state index < -0.39 is 0 Å². The molecule has 1 fully saturated rings. The Bertz CT molecular complexity index is 699. The summed E-state index contributed by atoms with van der Waals surface area (Å²) in [5.41, 5.74) is 9.01. The zero-order valence-corrected chi connectivity index (χ0v) is 17.0. The normalized spacial score (nSPS) is 20.8. The van der Waals surface area contributed by atoms with Gasteiger partial charge in [-0.2, -0.15) is 0 Å². The summed E-state index contributed by atoms with van der Waals surface area (Å²) in [4.78, 5) is 7.18. The second-order valence-electron chi connectivity index (χ2n) is 6.26. The van der Waals surface area contributed by atoms with Gasteiger partial charge in [0, 0.05) is 38.2 Å². The van der Waals surface area contributed by atoms with E-state index in [4.69, 9.17) is 27.1 Å². The van der Waals surface area contributed by atoms with E-state index in [1.54, 1.807) is 7.11 Å².